The summed E-state index contributed by atoms with van der Waals surface area (Å²) in [6, 6.07) is 20.5. The van der Waals surface area contributed by atoms with Crippen LogP contribution >= 0.6 is 23.4 Å². The fourth-order valence-corrected chi connectivity index (χ4v) is 3.16. The van der Waals surface area contributed by atoms with Crippen LogP contribution in [-0.2, 0) is 4.79 Å². The van der Waals surface area contributed by atoms with E-state index in [1.165, 1.54) is 11.8 Å². The second kappa shape index (κ2) is 7.47. The van der Waals surface area contributed by atoms with Gasteiger partial charge in [0.1, 0.15) is 10.9 Å². The van der Waals surface area contributed by atoms with Crippen LogP contribution in [0.4, 0.5) is 0 Å². The van der Waals surface area contributed by atoms with Crippen LogP contribution in [0.25, 0.3) is 0 Å². The van der Waals surface area contributed by atoms with E-state index in [0.29, 0.717) is 10.7 Å². The lowest BCUT2D eigenvalue weighted by molar-refractivity contribution is -0.118. The first-order valence-corrected chi connectivity index (χ1v) is 8.44. The predicted octanol–water partition coefficient (Wildman–Crippen LogP) is 3.90. The summed E-state index contributed by atoms with van der Waals surface area (Å²) in [6.45, 7) is 0. The minimum atomic E-state index is -0.648. The Hall–Kier alpha value is -2.37. The molecule has 1 amide bonds. The van der Waals surface area contributed by atoms with Gasteiger partial charge in [0.05, 0.1) is 5.69 Å². The standard InChI is InChI=1S/C18H14ClN3OS/c19-13-8-6-12(7-9-13)17(18(20)23)15-10-11-16(22-21-15)24-14-4-2-1-3-5-14/h1-11,17H,(H2,20,23)/t17-/m0/s1. The third kappa shape index (κ3) is 3.93. The first-order chi connectivity index (χ1) is 11.6. The van der Waals surface area contributed by atoms with Crippen molar-refractivity contribution in [1.29, 1.82) is 0 Å². The van der Waals surface area contributed by atoms with Gasteiger partial charge in [0, 0.05) is 9.92 Å². The molecule has 1 atom stereocenters. The molecule has 0 saturated heterocycles. The van der Waals surface area contributed by atoms with Crippen molar-refractivity contribution in [3.8, 4) is 0 Å². The van der Waals surface area contributed by atoms with Crippen molar-refractivity contribution in [2.75, 3.05) is 0 Å². The zero-order valence-corrected chi connectivity index (χ0v) is 14.2. The van der Waals surface area contributed by atoms with E-state index >= 15 is 0 Å². The van der Waals surface area contributed by atoms with Crippen molar-refractivity contribution in [3.05, 3.63) is 83.0 Å². The minimum Gasteiger partial charge on any atom is -0.369 e. The molecule has 3 rings (SSSR count). The normalized spacial score (nSPS) is 11.9. The van der Waals surface area contributed by atoms with Gasteiger partial charge in [0.15, 0.2) is 0 Å². The molecule has 4 nitrogen and oxygen atoms in total. The molecule has 0 unspecified atom stereocenters. The molecule has 2 N–H and O–H groups in total. The second-order valence-corrected chi connectivity index (χ2v) is 6.63. The third-order valence-corrected chi connectivity index (χ3v) is 4.60. The summed E-state index contributed by atoms with van der Waals surface area (Å²) in [5.41, 5.74) is 6.81. The largest absolute Gasteiger partial charge is 0.369 e. The fourth-order valence-electron chi connectivity index (χ4n) is 2.28. The second-order valence-electron chi connectivity index (χ2n) is 5.10. The average molecular weight is 356 g/mol. The molecule has 0 spiro atoms. The van der Waals surface area contributed by atoms with Gasteiger partial charge in [-0.15, -0.1) is 5.10 Å². The number of hydrogen-bond acceptors (Lipinski definition) is 4. The Labute approximate surface area is 149 Å². The lowest BCUT2D eigenvalue weighted by Gasteiger charge is -2.13. The number of aromatic nitrogens is 2. The van der Waals surface area contributed by atoms with Crippen LogP contribution in [0, 0.1) is 0 Å². The van der Waals surface area contributed by atoms with Gasteiger partial charge in [-0.2, -0.15) is 5.10 Å². The van der Waals surface area contributed by atoms with Gasteiger partial charge in [0.25, 0.3) is 0 Å². The SMILES string of the molecule is NC(=O)[C@@H](c1ccc(Cl)cc1)c1ccc(Sc2ccccc2)nn1. The van der Waals surface area contributed by atoms with Crippen LogP contribution in [-0.4, -0.2) is 16.1 Å². The third-order valence-electron chi connectivity index (χ3n) is 3.41. The van der Waals surface area contributed by atoms with Crippen LogP contribution < -0.4 is 5.73 Å². The molecule has 120 valence electrons. The molecule has 1 heterocycles. The maximum atomic E-state index is 11.9. The Morgan fingerprint density at radius 1 is 0.958 bits per heavy atom. The van der Waals surface area contributed by atoms with Gasteiger partial charge in [-0.25, -0.2) is 0 Å². The molecule has 0 aliphatic rings. The summed E-state index contributed by atoms with van der Waals surface area (Å²) in [6.07, 6.45) is 0. The Morgan fingerprint density at radius 3 is 2.25 bits per heavy atom. The molecule has 0 aliphatic heterocycles. The lowest BCUT2D eigenvalue weighted by Crippen LogP contribution is -2.23. The van der Waals surface area contributed by atoms with Gasteiger partial charge < -0.3 is 5.73 Å². The maximum Gasteiger partial charge on any atom is 0.231 e. The number of carbonyl (C=O) groups excluding carboxylic acids is 1. The van der Waals surface area contributed by atoms with Gasteiger partial charge >= 0.3 is 0 Å². The van der Waals surface area contributed by atoms with E-state index in [0.717, 1.165) is 15.5 Å². The number of halogens is 1. The number of nitrogens with two attached hydrogens (primary N) is 1. The quantitative estimate of drug-likeness (QED) is 0.753. The maximum absolute atomic E-state index is 11.9. The number of benzene rings is 2. The minimum absolute atomic E-state index is 0.477. The summed E-state index contributed by atoms with van der Waals surface area (Å²) in [5.74, 6) is -1.12. The topological polar surface area (TPSA) is 68.9 Å². The molecule has 0 bridgehead atoms. The van der Waals surface area contributed by atoms with Crippen LogP contribution in [0.15, 0.2) is 76.7 Å². The van der Waals surface area contributed by atoms with Gasteiger partial charge in [0.2, 0.25) is 5.91 Å². The van der Waals surface area contributed by atoms with E-state index in [2.05, 4.69) is 10.2 Å². The van der Waals surface area contributed by atoms with Gasteiger partial charge in [-0.3, -0.25) is 4.79 Å². The van der Waals surface area contributed by atoms with Crippen LogP contribution in [0.3, 0.4) is 0 Å². The Kier molecular flexibility index (Phi) is 5.13. The van der Waals surface area contributed by atoms with E-state index in [1.54, 1.807) is 30.3 Å². The summed E-state index contributed by atoms with van der Waals surface area (Å²) >= 11 is 7.40. The molecule has 0 fully saturated rings. The summed E-state index contributed by atoms with van der Waals surface area (Å²) < 4.78 is 0. The summed E-state index contributed by atoms with van der Waals surface area (Å²) in [7, 11) is 0. The molecule has 0 radical (unpaired) electrons. The fraction of sp³-hybridized carbons (Fsp3) is 0.0556. The van der Waals surface area contributed by atoms with Gasteiger partial charge in [-0.1, -0.05) is 53.7 Å². The number of primary amides is 1. The zero-order valence-electron chi connectivity index (χ0n) is 12.6. The van der Waals surface area contributed by atoms with Gasteiger partial charge in [-0.05, 0) is 42.0 Å². The molecular weight excluding hydrogens is 342 g/mol. The number of rotatable bonds is 5. The first kappa shape index (κ1) is 16.5. The van der Waals surface area contributed by atoms with E-state index in [9.17, 15) is 4.79 Å². The first-order valence-electron chi connectivity index (χ1n) is 7.25. The van der Waals surface area contributed by atoms with E-state index in [1.807, 2.05) is 36.4 Å². The highest BCUT2D eigenvalue weighted by atomic mass is 35.5. The van der Waals surface area contributed by atoms with Crippen LogP contribution in [0.2, 0.25) is 5.02 Å². The Bertz CT molecular complexity index is 823. The van der Waals surface area contributed by atoms with Crippen LogP contribution in [0.1, 0.15) is 17.2 Å². The monoisotopic (exact) mass is 355 g/mol. The smallest absolute Gasteiger partial charge is 0.231 e. The highest BCUT2D eigenvalue weighted by Crippen LogP contribution is 2.28. The highest BCUT2D eigenvalue weighted by Gasteiger charge is 2.22. The van der Waals surface area contributed by atoms with E-state index in [-0.39, 0.29) is 0 Å². The zero-order chi connectivity index (χ0) is 16.9. The average Bonchev–Trinajstić information content (AvgIpc) is 2.59. The Balaban J connectivity index is 1.84. The van der Waals surface area contributed by atoms with E-state index < -0.39 is 11.8 Å². The van der Waals surface area contributed by atoms with Crippen molar-refractivity contribution in [3.63, 3.8) is 0 Å². The number of hydrogen-bond donors (Lipinski definition) is 1. The van der Waals surface area contributed by atoms with E-state index in [4.69, 9.17) is 17.3 Å². The Morgan fingerprint density at radius 2 is 1.67 bits per heavy atom. The molecule has 0 aliphatic carbocycles. The molecule has 3 aromatic rings. The molecule has 6 heteroatoms. The number of amides is 1. The highest BCUT2D eigenvalue weighted by molar-refractivity contribution is 7.99. The lowest BCUT2D eigenvalue weighted by atomic mass is 9.95. The van der Waals surface area contributed by atoms with Crippen LogP contribution in [0.5, 0.6) is 0 Å². The predicted molar refractivity (Wildman–Crippen MR) is 95.1 cm³/mol. The van der Waals surface area contributed by atoms with Crippen molar-refractivity contribution >= 4 is 29.3 Å². The number of nitrogens with zero attached hydrogens (tertiary/aromatic N) is 2. The number of carbonyl (C=O) groups is 1. The molecule has 1 aromatic heterocycles. The van der Waals surface area contributed by atoms with Crippen molar-refractivity contribution in [2.24, 2.45) is 5.73 Å². The molecule has 24 heavy (non-hydrogen) atoms. The van der Waals surface area contributed by atoms with Crippen molar-refractivity contribution in [2.45, 2.75) is 15.8 Å². The molecule has 0 saturated carbocycles. The summed E-state index contributed by atoms with van der Waals surface area (Å²) in [4.78, 5) is 13.0. The summed E-state index contributed by atoms with van der Waals surface area (Å²) in [5, 5.41) is 9.74. The molecular formula is C18H14ClN3OS. The van der Waals surface area contributed by atoms with Crippen molar-refractivity contribution in [1.82, 2.24) is 10.2 Å². The van der Waals surface area contributed by atoms with Crippen molar-refractivity contribution < 1.29 is 4.79 Å². The molecule has 2 aromatic carbocycles.